The lowest BCUT2D eigenvalue weighted by Crippen LogP contribution is -2.12. The Balaban J connectivity index is 2.61. The zero-order valence-electron chi connectivity index (χ0n) is 13.7. The third kappa shape index (κ3) is 3.56. The quantitative estimate of drug-likeness (QED) is 0.302. The minimum Gasteiger partial charge on any atom is -0.452 e. The summed E-state index contributed by atoms with van der Waals surface area (Å²) >= 11 is 5.67. The number of hydrogen-bond donors (Lipinski definition) is 0. The van der Waals surface area contributed by atoms with Gasteiger partial charge in [0.25, 0.3) is 5.69 Å². The molecule has 0 bridgehead atoms. The SMILES string of the molecule is COP(C)(=O)c1cc(Oc2c(F)c(F)c(C)c(F)c2Cl)ccc1[N+](=O)[O-]. The van der Waals surface area contributed by atoms with Crippen LogP contribution in [-0.4, -0.2) is 18.7 Å². The molecule has 2 aromatic carbocycles. The van der Waals surface area contributed by atoms with Crippen LogP contribution in [-0.2, 0) is 9.09 Å². The van der Waals surface area contributed by atoms with Gasteiger partial charge in [0.2, 0.25) is 13.2 Å². The van der Waals surface area contributed by atoms with Crippen LogP contribution in [0, 0.1) is 34.5 Å². The predicted octanol–water partition coefficient (Wildman–Crippen LogP) is 4.95. The molecule has 11 heteroatoms. The van der Waals surface area contributed by atoms with Crippen LogP contribution in [0.3, 0.4) is 0 Å². The van der Waals surface area contributed by atoms with E-state index in [4.69, 9.17) is 20.9 Å². The van der Waals surface area contributed by atoms with Crippen LogP contribution in [0.15, 0.2) is 18.2 Å². The molecule has 0 amide bonds. The molecule has 140 valence electrons. The smallest absolute Gasteiger partial charge is 0.282 e. The summed E-state index contributed by atoms with van der Waals surface area (Å²) in [7, 11) is -2.50. The maximum atomic E-state index is 14.1. The van der Waals surface area contributed by atoms with Crippen LogP contribution in [0.2, 0.25) is 5.02 Å². The first-order valence-corrected chi connectivity index (χ1v) is 9.39. The van der Waals surface area contributed by atoms with E-state index in [0.29, 0.717) is 0 Å². The molecule has 0 aliphatic heterocycles. The highest BCUT2D eigenvalue weighted by molar-refractivity contribution is 7.66. The zero-order valence-corrected chi connectivity index (χ0v) is 15.3. The van der Waals surface area contributed by atoms with Gasteiger partial charge in [-0.2, -0.15) is 4.39 Å². The molecule has 6 nitrogen and oxygen atoms in total. The summed E-state index contributed by atoms with van der Waals surface area (Å²) in [6.07, 6.45) is 0. The lowest BCUT2D eigenvalue weighted by atomic mass is 10.2. The van der Waals surface area contributed by atoms with E-state index in [1.807, 2.05) is 0 Å². The fourth-order valence-corrected chi connectivity index (χ4v) is 3.47. The van der Waals surface area contributed by atoms with Crippen LogP contribution >= 0.6 is 19.0 Å². The van der Waals surface area contributed by atoms with Crippen molar-refractivity contribution >= 4 is 30.0 Å². The van der Waals surface area contributed by atoms with Gasteiger partial charge in [-0.15, -0.1) is 0 Å². The van der Waals surface area contributed by atoms with Crippen LogP contribution in [0.4, 0.5) is 18.9 Å². The highest BCUT2D eigenvalue weighted by Gasteiger charge is 2.30. The zero-order chi connectivity index (χ0) is 19.8. The summed E-state index contributed by atoms with van der Waals surface area (Å²) in [6, 6.07) is 2.96. The van der Waals surface area contributed by atoms with E-state index in [1.54, 1.807) is 0 Å². The molecule has 1 atom stereocenters. The van der Waals surface area contributed by atoms with Crippen molar-refractivity contribution in [3.8, 4) is 11.5 Å². The van der Waals surface area contributed by atoms with Gasteiger partial charge in [0, 0.05) is 31.5 Å². The molecular formula is C15H12ClF3NO5P. The Morgan fingerprint density at radius 1 is 1.19 bits per heavy atom. The van der Waals surface area contributed by atoms with Gasteiger partial charge in [-0.3, -0.25) is 14.7 Å². The molecular weight excluding hydrogens is 398 g/mol. The molecule has 0 radical (unpaired) electrons. The Hall–Kier alpha value is -2.09. The largest absolute Gasteiger partial charge is 0.452 e. The number of rotatable bonds is 5. The Morgan fingerprint density at radius 3 is 2.35 bits per heavy atom. The molecule has 0 N–H and O–H groups in total. The van der Waals surface area contributed by atoms with E-state index >= 15 is 0 Å². The molecule has 1 unspecified atom stereocenters. The molecule has 0 aliphatic rings. The van der Waals surface area contributed by atoms with Crippen molar-refractivity contribution in [2.24, 2.45) is 0 Å². The second-order valence-electron chi connectivity index (χ2n) is 5.25. The van der Waals surface area contributed by atoms with E-state index in [-0.39, 0.29) is 11.1 Å². The van der Waals surface area contributed by atoms with Crippen LogP contribution in [0.25, 0.3) is 0 Å². The third-order valence-electron chi connectivity index (χ3n) is 3.59. The number of nitrogens with zero attached hydrogens (tertiary/aromatic N) is 1. The van der Waals surface area contributed by atoms with Crippen LogP contribution in [0.5, 0.6) is 11.5 Å². The van der Waals surface area contributed by atoms with Crippen molar-refractivity contribution in [1.29, 1.82) is 0 Å². The van der Waals surface area contributed by atoms with Crippen molar-refractivity contribution < 1.29 is 31.9 Å². The van der Waals surface area contributed by atoms with E-state index in [2.05, 4.69) is 0 Å². The Labute approximate surface area is 151 Å². The monoisotopic (exact) mass is 409 g/mol. The van der Waals surface area contributed by atoms with Gasteiger partial charge in [-0.25, -0.2) is 8.78 Å². The van der Waals surface area contributed by atoms with Crippen molar-refractivity contribution in [3.63, 3.8) is 0 Å². The molecule has 0 fully saturated rings. The van der Waals surface area contributed by atoms with Gasteiger partial charge < -0.3 is 9.26 Å². The molecule has 2 rings (SSSR count). The first-order chi connectivity index (χ1) is 12.0. The standard InChI is InChI=1S/C15H12ClF3NO5P/c1-7-12(17)11(16)15(14(19)13(7)18)25-8-4-5-9(20(21)22)10(6-8)26(3,23)24-2/h4-6H,1-3H3. The number of ether oxygens (including phenoxy) is 1. The number of nitro benzene ring substituents is 1. The number of halogens is 4. The topological polar surface area (TPSA) is 78.7 Å². The highest BCUT2D eigenvalue weighted by atomic mass is 35.5. The Kier molecular flexibility index (Phi) is 5.65. The van der Waals surface area contributed by atoms with Crippen molar-refractivity contribution in [2.45, 2.75) is 6.92 Å². The number of nitro groups is 1. The maximum absolute atomic E-state index is 14.1. The van der Waals surface area contributed by atoms with Crippen molar-refractivity contribution in [3.05, 3.63) is 56.4 Å². The number of benzene rings is 2. The summed E-state index contributed by atoms with van der Waals surface area (Å²) in [6.45, 7) is 2.14. The third-order valence-corrected chi connectivity index (χ3v) is 5.86. The van der Waals surface area contributed by atoms with Gasteiger partial charge in [-0.1, -0.05) is 11.6 Å². The highest BCUT2D eigenvalue weighted by Crippen LogP contribution is 2.45. The minimum atomic E-state index is -3.60. The van der Waals surface area contributed by atoms with Gasteiger partial charge in [0.1, 0.15) is 16.1 Å². The summed E-state index contributed by atoms with van der Waals surface area (Å²) in [4.78, 5) is 10.3. The van der Waals surface area contributed by atoms with Gasteiger partial charge >= 0.3 is 0 Å². The molecule has 0 saturated heterocycles. The molecule has 0 saturated carbocycles. The molecule has 2 aromatic rings. The average Bonchev–Trinajstić information content (AvgIpc) is 2.61. The maximum Gasteiger partial charge on any atom is 0.282 e. The normalized spacial score (nSPS) is 13.3. The fraction of sp³-hybridized carbons (Fsp3) is 0.200. The summed E-state index contributed by atoms with van der Waals surface area (Å²) in [5.74, 6) is -5.42. The average molecular weight is 410 g/mol. The van der Waals surface area contributed by atoms with E-state index in [0.717, 1.165) is 38.9 Å². The van der Waals surface area contributed by atoms with Gasteiger partial charge in [-0.05, 0) is 13.0 Å². The molecule has 0 aromatic heterocycles. The summed E-state index contributed by atoms with van der Waals surface area (Å²) in [5.41, 5.74) is -1.14. The van der Waals surface area contributed by atoms with Crippen LogP contribution in [0.1, 0.15) is 5.56 Å². The summed E-state index contributed by atoms with van der Waals surface area (Å²) < 4.78 is 63.9. The lowest BCUT2D eigenvalue weighted by Gasteiger charge is -2.15. The lowest BCUT2D eigenvalue weighted by molar-refractivity contribution is -0.383. The molecule has 0 heterocycles. The second-order valence-corrected chi connectivity index (χ2v) is 8.16. The minimum absolute atomic E-state index is 0.270. The van der Waals surface area contributed by atoms with Crippen molar-refractivity contribution in [1.82, 2.24) is 0 Å². The molecule has 26 heavy (non-hydrogen) atoms. The van der Waals surface area contributed by atoms with E-state index in [9.17, 15) is 27.9 Å². The van der Waals surface area contributed by atoms with Gasteiger partial charge in [0.05, 0.1) is 4.92 Å². The summed E-state index contributed by atoms with van der Waals surface area (Å²) in [5, 5.41) is 9.99. The van der Waals surface area contributed by atoms with Crippen LogP contribution < -0.4 is 10.0 Å². The first kappa shape index (κ1) is 20.2. The fourth-order valence-electron chi connectivity index (χ4n) is 2.07. The second kappa shape index (κ2) is 7.26. The Morgan fingerprint density at radius 2 is 1.81 bits per heavy atom. The Bertz CT molecular complexity index is 924. The van der Waals surface area contributed by atoms with E-state index in [1.165, 1.54) is 0 Å². The van der Waals surface area contributed by atoms with Crippen molar-refractivity contribution in [2.75, 3.05) is 13.8 Å². The molecule has 0 aliphatic carbocycles. The molecule has 0 spiro atoms. The first-order valence-electron chi connectivity index (χ1n) is 6.94. The predicted molar refractivity (Wildman–Crippen MR) is 89.4 cm³/mol. The van der Waals surface area contributed by atoms with E-state index < -0.39 is 51.8 Å². The number of hydrogen-bond acceptors (Lipinski definition) is 5. The van der Waals surface area contributed by atoms with Gasteiger partial charge in [0.15, 0.2) is 17.4 Å².